The Morgan fingerprint density at radius 3 is 2.50 bits per heavy atom. The third-order valence-electron chi connectivity index (χ3n) is 4.28. The molecule has 0 aliphatic heterocycles. The molecule has 1 aliphatic rings. The van der Waals surface area contributed by atoms with Crippen LogP contribution in [0.25, 0.3) is 0 Å². The maximum absolute atomic E-state index is 3.79. The molecule has 2 heteroatoms. The molecule has 1 aliphatic carbocycles. The molecule has 100 valence electrons. The van der Waals surface area contributed by atoms with Gasteiger partial charge in [-0.2, -0.15) is 0 Å². The summed E-state index contributed by atoms with van der Waals surface area (Å²) in [6.45, 7) is 4.59. The third kappa shape index (κ3) is 3.58. The van der Waals surface area contributed by atoms with E-state index >= 15 is 0 Å². The molecule has 1 aromatic carbocycles. The second kappa shape index (κ2) is 6.72. The molecule has 0 amide bonds. The first-order valence-corrected chi connectivity index (χ1v) is 8.00. The largest absolute Gasteiger partial charge is 0.307 e. The molecule has 2 rings (SSSR count). The molecule has 0 heterocycles. The van der Waals surface area contributed by atoms with E-state index in [9.17, 15) is 0 Å². The molecule has 0 bridgehead atoms. The van der Waals surface area contributed by atoms with E-state index in [1.807, 2.05) is 0 Å². The van der Waals surface area contributed by atoms with E-state index in [0.29, 0.717) is 12.1 Å². The van der Waals surface area contributed by atoms with Crippen LogP contribution in [-0.2, 0) is 0 Å². The Morgan fingerprint density at radius 2 is 1.89 bits per heavy atom. The smallest absolute Gasteiger partial charge is 0.0305 e. The number of rotatable bonds is 4. The molecule has 0 radical (unpaired) electrons. The monoisotopic (exact) mass is 309 g/mol. The Hall–Kier alpha value is -0.340. The number of benzene rings is 1. The van der Waals surface area contributed by atoms with Crippen molar-refractivity contribution in [3.63, 3.8) is 0 Å². The minimum atomic E-state index is 0.434. The Kier molecular flexibility index (Phi) is 5.25. The van der Waals surface area contributed by atoms with Crippen LogP contribution in [0, 0.1) is 5.92 Å². The standard InChI is InChI=1S/C16H24BrN/c1-3-13-8-10-14(11-9-13)18-12(2)15-6-4-5-7-16(15)17/h4-7,12-14,18H,3,8-11H2,1-2H3. The van der Waals surface area contributed by atoms with Gasteiger partial charge in [-0.15, -0.1) is 0 Å². The third-order valence-corrected chi connectivity index (χ3v) is 5.00. The van der Waals surface area contributed by atoms with Crippen molar-refractivity contribution in [3.8, 4) is 0 Å². The van der Waals surface area contributed by atoms with Crippen LogP contribution in [0.15, 0.2) is 28.7 Å². The Bertz CT molecular complexity index is 369. The van der Waals surface area contributed by atoms with Crippen LogP contribution in [0.2, 0.25) is 0 Å². The lowest BCUT2D eigenvalue weighted by Gasteiger charge is -2.31. The molecule has 1 aromatic rings. The van der Waals surface area contributed by atoms with E-state index in [1.54, 1.807) is 0 Å². The summed E-state index contributed by atoms with van der Waals surface area (Å²) in [6.07, 6.45) is 6.83. The highest BCUT2D eigenvalue weighted by atomic mass is 79.9. The lowest BCUT2D eigenvalue weighted by molar-refractivity contribution is 0.273. The fraction of sp³-hybridized carbons (Fsp3) is 0.625. The summed E-state index contributed by atoms with van der Waals surface area (Å²) in [7, 11) is 0. The summed E-state index contributed by atoms with van der Waals surface area (Å²) in [5, 5.41) is 3.79. The van der Waals surface area contributed by atoms with Gasteiger partial charge in [-0.05, 0) is 50.2 Å². The molecule has 18 heavy (non-hydrogen) atoms. The van der Waals surface area contributed by atoms with Crippen LogP contribution in [0.1, 0.15) is 57.6 Å². The number of halogens is 1. The topological polar surface area (TPSA) is 12.0 Å². The van der Waals surface area contributed by atoms with Gasteiger partial charge in [-0.3, -0.25) is 0 Å². The molecule has 1 nitrogen and oxygen atoms in total. The quantitative estimate of drug-likeness (QED) is 0.819. The summed E-state index contributed by atoms with van der Waals surface area (Å²) in [5.74, 6) is 0.974. The van der Waals surface area contributed by atoms with Gasteiger partial charge in [0.2, 0.25) is 0 Å². The molecule has 1 saturated carbocycles. The molecule has 1 N–H and O–H groups in total. The summed E-state index contributed by atoms with van der Waals surface area (Å²) >= 11 is 3.64. The normalized spacial score (nSPS) is 25.9. The maximum Gasteiger partial charge on any atom is 0.0305 e. The maximum atomic E-state index is 3.79. The predicted octanol–water partition coefficient (Wildman–Crippen LogP) is 5.07. The van der Waals surface area contributed by atoms with Crippen LogP contribution in [-0.4, -0.2) is 6.04 Å². The minimum Gasteiger partial charge on any atom is -0.307 e. The van der Waals surface area contributed by atoms with Gasteiger partial charge < -0.3 is 5.32 Å². The summed E-state index contributed by atoms with van der Waals surface area (Å²) in [6, 6.07) is 9.67. The molecule has 0 spiro atoms. The van der Waals surface area contributed by atoms with E-state index in [1.165, 1.54) is 42.1 Å². The summed E-state index contributed by atoms with van der Waals surface area (Å²) < 4.78 is 1.22. The second-order valence-corrected chi connectivity index (χ2v) is 6.39. The SMILES string of the molecule is CCC1CCC(NC(C)c2ccccc2Br)CC1. The zero-order valence-corrected chi connectivity index (χ0v) is 13.0. The van der Waals surface area contributed by atoms with Crippen molar-refractivity contribution >= 4 is 15.9 Å². The van der Waals surface area contributed by atoms with Gasteiger partial charge in [0.1, 0.15) is 0 Å². The Morgan fingerprint density at radius 1 is 1.22 bits per heavy atom. The minimum absolute atomic E-state index is 0.434. The van der Waals surface area contributed by atoms with Crippen molar-refractivity contribution in [1.82, 2.24) is 5.32 Å². The van der Waals surface area contributed by atoms with Crippen LogP contribution < -0.4 is 5.32 Å². The first kappa shape index (κ1) is 14.1. The Labute approximate surface area is 119 Å². The van der Waals surface area contributed by atoms with Crippen LogP contribution >= 0.6 is 15.9 Å². The van der Waals surface area contributed by atoms with Crippen LogP contribution in [0.5, 0.6) is 0 Å². The summed E-state index contributed by atoms with van der Waals surface area (Å²) in [4.78, 5) is 0. The summed E-state index contributed by atoms with van der Waals surface area (Å²) in [5.41, 5.74) is 1.37. The van der Waals surface area contributed by atoms with Gasteiger partial charge in [-0.1, -0.05) is 47.5 Å². The van der Waals surface area contributed by atoms with E-state index in [2.05, 4.69) is 59.4 Å². The molecule has 1 unspecified atom stereocenters. The van der Waals surface area contributed by atoms with Gasteiger partial charge in [0.05, 0.1) is 0 Å². The molecule has 0 saturated heterocycles. The van der Waals surface area contributed by atoms with Crippen molar-refractivity contribution in [2.45, 2.75) is 58.0 Å². The second-order valence-electron chi connectivity index (χ2n) is 5.54. The average molecular weight is 310 g/mol. The molecular formula is C16H24BrN. The molecule has 1 atom stereocenters. The Balaban J connectivity index is 1.89. The number of hydrogen-bond donors (Lipinski definition) is 1. The zero-order valence-electron chi connectivity index (χ0n) is 11.5. The predicted molar refractivity (Wildman–Crippen MR) is 81.7 cm³/mol. The van der Waals surface area contributed by atoms with Crippen LogP contribution in [0.4, 0.5) is 0 Å². The van der Waals surface area contributed by atoms with Crippen molar-refractivity contribution in [2.24, 2.45) is 5.92 Å². The highest BCUT2D eigenvalue weighted by Crippen LogP contribution is 2.29. The fourth-order valence-electron chi connectivity index (χ4n) is 3.01. The van der Waals surface area contributed by atoms with Crippen molar-refractivity contribution in [3.05, 3.63) is 34.3 Å². The van der Waals surface area contributed by atoms with Gasteiger partial charge in [-0.25, -0.2) is 0 Å². The molecule has 0 aromatic heterocycles. The average Bonchev–Trinajstić information content (AvgIpc) is 2.40. The number of hydrogen-bond acceptors (Lipinski definition) is 1. The molecular weight excluding hydrogens is 286 g/mol. The van der Waals surface area contributed by atoms with Crippen LogP contribution in [0.3, 0.4) is 0 Å². The first-order chi connectivity index (χ1) is 8.70. The number of nitrogens with one attached hydrogen (secondary N) is 1. The first-order valence-electron chi connectivity index (χ1n) is 7.21. The lowest BCUT2D eigenvalue weighted by atomic mass is 9.84. The highest BCUT2D eigenvalue weighted by molar-refractivity contribution is 9.10. The van der Waals surface area contributed by atoms with E-state index in [-0.39, 0.29) is 0 Å². The van der Waals surface area contributed by atoms with E-state index in [4.69, 9.17) is 0 Å². The van der Waals surface area contributed by atoms with Gasteiger partial charge >= 0.3 is 0 Å². The van der Waals surface area contributed by atoms with Crippen molar-refractivity contribution in [1.29, 1.82) is 0 Å². The van der Waals surface area contributed by atoms with Crippen molar-refractivity contribution in [2.75, 3.05) is 0 Å². The van der Waals surface area contributed by atoms with Crippen molar-refractivity contribution < 1.29 is 0 Å². The zero-order chi connectivity index (χ0) is 13.0. The highest BCUT2D eigenvalue weighted by Gasteiger charge is 2.21. The van der Waals surface area contributed by atoms with Gasteiger partial charge in [0, 0.05) is 16.6 Å². The van der Waals surface area contributed by atoms with E-state index in [0.717, 1.165) is 5.92 Å². The van der Waals surface area contributed by atoms with Gasteiger partial charge in [0.25, 0.3) is 0 Å². The fourth-order valence-corrected chi connectivity index (χ4v) is 3.64. The van der Waals surface area contributed by atoms with Gasteiger partial charge in [0.15, 0.2) is 0 Å². The lowest BCUT2D eigenvalue weighted by Crippen LogP contribution is -2.35. The molecule has 1 fully saturated rings. The van der Waals surface area contributed by atoms with E-state index < -0.39 is 0 Å².